The van der Waals surface area contributed by atoms with Crippen molar-refractivity contribution in [2.75, 3.05) is 0 Å². The van der Waals surface area contributed by atoms with Gasteiger partial charge < -0.3 is 4.81 Å². The largest absolute Gasteiger partial charge is 0.333 e. The number of rotatable bonds is 7. The second-order valence-corrected chi connectivity index (χ2v) is 15.6. The molecular weight excluding hydrogens is 515 g/mol. The van der Waals surface area contributed by atoms with Gasteiger partial charge in [-0.1, -0.05) is 47.5 Å². The Kier molecular flexibility index (Phi) is 5.81. The fourth-order valence-corrected chi connectivity index (χ4v) is 11.6. The van der Waals surface area contributed by atoms with E-state index in [2.05, 4.69) is 20.8 Å². The number of carbonyl (C=O) groups is 5. The molecule has 4 bridgehead atoms. The molecule has 4 amide bonds. The Balaban J connectivity index is 1.17. The van der Waals surface area contributed by atoms with Crippen molar-refractivity contribution >= 4 is 36.8 Å². The molecule has 7 rings (SSSR count). The summed E-state index contributed by atoms with van der Waals surface area (Å²) in [6.45, 7) is 12.4. The maximum Gasteiger partial charge on any atom is 0.266 e. The van der Waals surface area contributed by atoms with Gasteiger partial charge in [0.25, 0.3) is 7.41 Å². The van der Waals surface area contributed by atoms with E-state index in [4.69, 9.17) is 0 Å². The molecule has 8 heteroatoms. The molecule has 5 saturated carbocycles. The van der Waals surface area contributed by atoms with E-state index in [1.54, 1.807) is 4.90 Å². The molecular formula is C33H46BN2O5. The second-order valence-electron chi connectivity index (χ2n) is 15.6. The van der Waals surface area contributed by atoms with Crippen LogP contribution in [0.2, 0.25) is 5.31 Å². The molecule has 7 nitrogen and oxygen atoms in total. The van der Waals surface area contributed by atoms with Gasteiger partial charge in [-0.3, -0.25) is 28.9 Å². The van der Waals surface area contributed by atoms with Crippen LogP contribution >= 0.6 is 0 Å². The Morgan fingerprint density at radius 1 is 0.683 bits per heavy atom. The number of nitrogens with zero attached hydrogens (tertiary/aromatic N) is 2. The smallest absolute Gasteiger partial charge is 0.266 e. The minimum Gasteiger partial charge on any atom is -0.333 e. The van der Waals surface area contributed by atoms with Crippen molar-refractivity contribution in [3.63, 3.8) is 0 Å². The van der Waals surface area contributed by atoms with Crippen LogP contribution in [0.25, 0.3) is 0 Å². The standard InChI is InChI=1S/C33H46BN2O5/c1-7-30(5,8-2)34-36-27(39)22-18-14-20(24(22)28(36)40)33(16-18)12-11-32(29(33)41)15-17-13-19(32)23-21(17)25(37)35(26(23)38)31(6,9-3)10-4/h17-24H,7-16H2,1-6H3/t17-,18+,19-,20+,21-,22+,23+,24-,32-,33+/m1/s1. The average molecular weight is 562 g/mol. The molecule has 1 radical (unpaired) electrons. The van der Waals surface area contributed by atoms with Crippen LogP contribution in [0.3, 0.4) is 0 Å². The number of fused-ring (bicyclic) bond motifs is 12. The van der Waals surface area contributed by atoms with Crippen LogP contribution in [0.1, 0.15) is 106 Å². The summed E-state index contributed by atoms with van der Waals surface area (Å²) in [5.41, 5.74) is -1.58. The van der Waals surface area contributed by atoms with Gasteiger partial charge in [-0.05, 0) is 87.3 Å². The minimum atomic E-state index is -0.552. The first-order chi connectivity index (χ1) is 19.4. The van der Waals surface area contributed by atoms with Crippen molar-refractivity contribution in [2.24, 2.45) is 58.2 Å². The molecule has 41 heavy (non-hydrogen) atoms. The number of imide groups is 2. The predicted octanol–water partition coefficient (Wildman–Crippen LogP) is 4.80. The van der Waals surface area contributed by atoms with Gasteiger partial charge in [0.05, 0.1) is 23.7 Å². The Bertz CT molecular complexity index is 1260. The van der Waals surface area contributed by atoms with E-state index in [1.165, 1.54) is 4.81 Å². The Labute approximate surface area is 245 Å². The molecule has 0 aromatic rings. The van der Waals surface area contributed by atoms with Crippen molar-refractivity contribution in [1.29, 1.82) is 0 Å². The maximum absolute atomic E-state index is 14.9. The number of hydrogen-bond acceptors (Lipinski definition) is 5. The van der Waals surface area contributed by atoms with Crippen molar-refractivity contribution in [3.05, 3.63) is 0 Å². The van der Waals surface area contributed by atoms with E-state index in [-0.39, 0.29) is 82.1 Å². The molecule has 221 valence electrons. The van der Waals surface area contributed by atoms with E-state index in [0.717, 1.165) is 51.4 Å². The third-order valence-electron chi connectivity index (χ3n) is 14.5. The molecule has 5 aliphatic carbocycles. The molecule has 2 heterocycles. The minimum absolute atomic E-state index is 0.00552. The molecule has 0 N–H and O–H groups in total. The number of ketones is 1. The second kappa shape index (κ2) is 8.56. The molecule has 0 unspecified atom stereocenters. The highest BCUT2D eigenvalue weighted by Crippen LogP contribution is 2.76. The fourth-order valence-electron chi connectivity index (χ4n) is 11.6. The lowest BCUT2D eigenvalue weighted by atomic mass is 9.57. The molecule has 0 aromatic heterocycles. The van der Waals surface area contributed by atoms with Crippen molar-refractivity contribution in [2.45, 2.75) is 117 Å². The summed E-state index contributed by atoms with van der Waals surface area (Å²) in [5, 5.41) is -0.210. The molecule has 2 saturated heterocycles. The maximum atomic E-state index is 14.9. The van der Waals surface area contributed by atoms with Gasteiger partial charge >= 0.3 is 0 Å². The van der Waals surface area contributed by atoms with Crippen molar-refractivity contribution < 1.29 is 24.0 Å². The zero-order chi connectivity index (χ0) is 29.4. The molecule has 7 fully saturated rings. The summed E-state index contributed by atoms with van der Waals surface area (Å²) in [6.07, 6.45) is 7.69. The first-order valence-corrected chi connectivity index (χ1v) is 16.5. The van der Waals surface area contributed by atoms with E-state index in [9.17, 15) is 24.0 Å². The van der Waals surface area contributed by atoms with Gasteiger partial charge in [-0.25, -0.2) is 0 Å². The third-order valence-corrected chi connectivity index (χ3v) is 14.5. The van der Waals surface area contributed by atoms with Crippen LogP contribution < -0.4 is 0 Å². The SMILES string of the molecule is CCC(C)([B]N1C(=O)[C@H]2[C@H]3C[C@@H]([C@H]2C1=O)[C@]1(CC[C@]2(C[C@H]4C[C@@H]2[C@@H]2C(=O)N(C(C)(CC)CC)C(=O)[C@H]42)C1=O)C3)CC. The highest BCUT2D eigenvalue weighted by Gasteiger charge is 2.78. The number of likely N-dealkylation sites (tertiary alicyclic amines) is 1. The summed E-state index contributed by atoms with van der Waals surface area (Å²) < 4.78 is 0. The van der Waals surface area contributed by atoms with Gasteiger partial charge in [0.15, 0.2) is 0 Å². The van der Waals surface area contributed by atoms with Crippen LogP contribution in [-0.4, -0.2) is 52.1 Å². The lowest BCUT2D eigenvalue weighted by Gasteiger charge is -2.42. The quantitative estimate of drug-likeness (QED) is 0.329. The zero-order valence-electron chi connectivity index (χ0n) is 25.7. The van der Waals surface area contributed by atoms with Crippen LogP contribution in [0.4, 0.5) is 0 Å². The number of hydrogen-bond donors (Lipinski definition) is 0. The Morgan fingerprint density at radius 3 is 1.61 bits per heavy atom. The van der Waals surface area contributed by atoms with Gasteiger partial charge in [-0.2, -0.15) is 0 Å². The van der Waals surface area contributed by atoms with Crippen LogP contribution in [0, 0.1) is 58.2 Å². The molecule has 10 atom stereocenters. The zero-order valence-corrected chi connectivity index (χ0v) is 25.7. The van der Waals surface area contributed by atoms with E-state index in [1.807, 2.05) is 28.2 Å². The topological polar surface area (TPSA) is 91.8 Å². The average Bonchev–Trinajstić information content (AvgIpc) is 3.82. The fraction of sp³-hybridized carbons (Fsp3) is 0.848. The molecule has 0 aromatic carbocycles. The van der Waals surface area contributed by atoms with E-state index < -0.39 is 16.4 Å². The molecule has 7 aliphatic rings. The Hall–Kier alpha value is -1.99. The molecule has 2 spiro atoms. The summed E-state index contributed by atoms with van der Waals surface area (Å²) in [6, 6.07) is 0. The highest BCUT2D eigenvalue weighted by molar-refractivity contribution is 6.47. The summed E-state index contributed by atoms with van der Waals surface area (Å²) in [4.78, 5) is 73.0. The monoisotopic (exact) mass is 561 g/mol. The van der Waals surface area contributed by atoms with Gasteiger partial charge in [0.1, 0.15) is 5.78 Å². The predicted molar refractivity (Wildman–Crippen MR) is 153 cm³/mol. The van der Waals surface area contributed by atoms with E-state index >= 15 is 0 Å². The lowest BCUT2D eigenvalue weighted by Crippen LogP contribution is -2.50. The highest BCUT2D eigenvalue weighted by atomic mass is 16.2. The number of amides is 4. The first-order valence-electron chi connectivity index (χ1n) is 16.5. The first kappa shape index (κ1) is 27.8. The number of Topliss-reactive ketones (excluding diaryl/α,β-unsaturated/α-hetero) is 1. The normalized spacial score (nSPS) is 44.5. The Morgan fingerprint density at radius 2 is 1.12 bits per heavy atom. The summed E-state index contributed by atoms with van der Waals surface area (Å²) >= 11 is 0. The van der Waals surface area contributed by atoms with Gasteiger partial charge in [0, 0.05) is 16.4 Å². The van der Waals surface area contributed by atoms with Crippen molar-refractivity contribution in [1.82, 2.24) is 9.71 Å². The van der Waals surface area contributed by atoms with Crippen LogP contribution in [0.15, 0.2) is 0 Å². The number of carbonyl (C=O) groups excluding carboxylic acids is 5. The molecule has 2 aliphatic heterocycles. The summed E-state index contributed by atoms with van der Waals surface area (Å²) in [7, 11) is 1.88. The van der Waals surface area contributed by atoms with Gasteiger partial charge in [0.2, 0.25) is 23.6 Å². The van der Waals surface area contributed by atoms with E-state index in [0.29, 0.717) is 12.8 Å². The summed E-state index contributed by atoms with van der Waals surface area (Å²) in [5.74, 6) is -1.20. The lowest BCUT2D eigenvalue weighted by molar-refractivity contribution is -0.148. The third kappa shape index (κ3) is 3.11. The van der Waals surface area contributed by atoms with Crippen LogP contribution in [-0.2, 0) is 24.0 Å². The van der Waals surface area contributed by atoms with Gasteiger partial charge in [-0.15, -0.1) is 0 Å². The van der Waals surface area contributed by atoms with Crippen LogP contribution in [0.5, 0.6) is 0 Å². The van der Waals surface area contributed by atoms with Crippen molar-refractivity contribution in [3.8, 4) is 0 Å².